The van der Waals surface area contributed by atoms with Crippen LogP contribution >= 0.6 is 46.4 Å². The summed E-state index contributed by atoms with van der Waals surface area (Å²) < 4.78 is 4.90. The summed E-state index contributed by atoms with van der Waals surface area (Å²) in [7, 11) is 0. The second-order valence-electron chi connectivity index (χ2n) is 15.8. The number of anilines is 2. The first kappa shape index (κ1) is 42.1. The minimum Gasteiger partial charge on any atom is -0.372 e. The van der Waals surface area contributed by atoms with Crippen LogP contribution in [0, 0.1) is 0 Å². The van der Waals surface area contributed by atoms with Crippen LogP contribution in [0.3, 0.4) is 0 Å². The number of hydrogen-bond donors (Lipinski definition) is 0. The first-order valence-corrected chi connectivity index (χ1v) is 21.6. The Labute approximate surface area is 355 Å². The van der Waals surface area contributed by atoms with Crippen LogP contribution in [0.1, 0.15) is 90.5 Å². The number of benzene rings is 4. The Balaban J connectivity index is 1.29. The van der Waals surface area contributed by atoms with Crippen molar-refractivity contribution >= 4 is 92.7 Å². The van der Waals surface area contributed by atoms with E-state index in [2.05, 4.69) is 159 Å². The van der Waals surface area contributed by atoms with E-state index in [1.807, 2.05) is 12.1 Å². The van der Waals surface area contributed by atoms with Gasteiger partial charge in [-0.2, -0.15) is 9.15 Å². The summed E-state index contributed by atoms with van der Waals surface area (Å²) in [5.74, 6) is 0. The van der Waals surface area contributed by atoms with Crippen LogP contribution in [-0.4, -0.2) is 59.8 Å². The summed E-state index contributed by atoms with van der Waals surface area (Å²) in [6.07, 6.45) is 10.9. The van der Waals surface area contributed by atoms with Gasteiger partial charge in [0.1, 0.15) is 13.1 Å². The van der Waals surface area contributed by atoms with E-state index in [0.29, 0.717) is 20.1 Å². The third kappa shape index (κ3) is 8.37. The Morgan fingerprint density at radius 3 is 1.12 bits per heavy atom. The molecule has 0 saturated carbocycles. The summed E-state index contributed by atoms with van der Waals surface area (Å²) in [6.45, 7) is 23.5. The van der Waals surface area contributed by atoms with Gasteiger partial charge in [-0.15, -0.1) is 0 Å². The molecule has 0 spiro atoms. The average molecular weight is 831 g/mol. The SMILES string of the molecule is CCN(CC)c1ccc(/C=C/C2=[N+](CCCC[N+]3=C(/C=C/c4ccc(N(CC)CC)cc4)C(C)(C)c4cc(Cl)c(Cl)cc43)c3cc(Cl)c(Cl)cc3C2(C)C)cc1. The van der Waals surface area contributed by atoms with Crippen molar-refractivity contribution in [3.63, 3.8) is 0 Å². The highest BCUT2D eigenvalue weighted by molar-refractivity contribution is 6.42. The van der Waals surface area contributed by atoms with Crippen LogP contribution in [0.4, 0.5) is 22.7 Å². The summed E-state index contributed by atoms with van der Waals surface area (Å²) in [6, 6.07) is 25.9. The van der Waals surface area contributed by atoms with Crippen molar-refractivity contribution in [2.45, 2.75) is 79.1 Å². The molecule has 0 bridgehead atoms. The number of rotatable bonds is 15. The minimum absolute atomic E-state index is 0.259. The fourth-order valence-corrected chi connectivity index (χ4v) is 9.11. The molecule has 0 amide bonds. The average Bonchev–Trinajstić information content (AvgIpc) is 3.50. The van der Waals surface area contributed by atoms with Gasteiger partial charge in [0.2, 0.25) is 11.4 Å². The van der Waals surface area contributed by atoms with Gasteiger partial charge in [0.05, 0.1) is 30.9 Å². The fourth-order valence-electron chi connectivity index (χ4n) is 8.47. The van der Waals surface area contributed by atoms with Crippen LogP contribution in [0.5, 0.6) is 0 Å². The smallest absolute Gasteiger partial charge is 0.211 e. The number of allylic oxidation sites excluding steroid dienone is 2. The highest BCUT2D eigenvalue weighted by atomic mass is 35.5. The molecule has 2 heterocycles. The Hall–Kier alpha value is -3.54. The number of halogens is 4. The van der Waals surface area contributed by atoms with Gasteiger partial charge in [-0.1, -0.05) is 70.7 Å². The molecule has 8 heteroatoms. The second kappa shape index (κ2) is 17.5. The molecule has 4 aromatic rings. The molecule has 56 heavy (non-hydrogen) atoms. The molecular formula is C48H56Cl4N4+2. The number of fused-ring (bicyclic) bond motifs is 2. The fraction of sp³-hybridized carbons (Fsp3) is 0.375. The predicted octanol–water partition coefficient (Wildman–Crippen LogP) is 13.7. The molecule has 4 aromatic carbocycles. The van der Waals surface area contributed by atoms with E-state index in [0.717, 1.165) is 63.5 Å². The van der Waals surface area contributed by atoms with Crippen molar-refractivity contribution in [1.82, 2.24) is 0 Å². The van der Waals surface area contributed by atoms with Gasteiger partial charge in [-0.25, -0.2) is 0 Å². The minimum atomic E-state index is -0.259. The number of unbranched alkanes of at least 4 members (excludes halogenated alkanes) is 1. The molecule has 0 radical (unpaired) electrons. The topological polar surface area (TPSA) is 12.5 Å². The standard InChI is InChI=1S/C48H56Cl4N4/c1-9-53(10-2)35-21-15-33(16-22-35)19-25-45-47(5,6)37-29-39(49)41(51)31-43(37)55(45)27-13-14-28-56-44-32-42(52)40(50)30-38(44)48(7,8)46(56)26-20-34-17-23-36(24-18-34)54(11-3)12-4/h15-26,29-32H,9-14,27-28H2,1-8H3/q+2. The van der Waals surface area contributed by atoms with Gasteiger partial charge in [-0.05, 0) is 115 Å². The molecule has 0 aliphatic carbocycles. The van der Waals surface area contributed by atoms with Gasteiger partial charge in [-0.3, -0.25) is 0 Å². The lowest BCUT2D eigenvalue weighted by atomic mass is 9.81. The first-order chi connectivity index (χ1) is 26.7. The molecule has 2 aliphatic rings. The summed E-state index contributed by atoms with van der Waals surface area (Å²) in [5.41, 5.74) is 11.4. The maximum Gasteiger partial charge on any atom is 0.211 e. The molecule has 6 rings (SSSR count). The zero-order chi connectivity index (χ0) is 40.4. The zero-order valence-corrected chi connectivity index (χ0v) is 37.2. The van der Waals surface area contributed by atoms with Crippen LogP contribution in [-0.2, 0) is 10.8 Å². The molecule has 0 aromatic heterocycles. The van der Waals surface area contributed by atoms with Crippen molar-refractivity contribution in [1.29, 1.82) is 0 Å². The molecule has 0 saturated heterocycles. The molecule has 4 nitrogen and oxygen atoms in total. The molecule has 2 aliphatic heterocycles. The maximum absolute atomic E-state index is 6.68. The Morgan fingerprint density at radius 1 is 0.482 bits per heavy atom. The lowest BCUT2D eigenvalue weighted by Gasteiger charge is -2.20. The molecule has 294 valence electrons. The predicted molar refractivity (Wildman–Crippen MR) is 246 cm³/mol. The van der Waals surface area contributed by atoms with E-state index in [4.69, 9.17) is 46.4 Å². The van der Waals surface area contributed by atoms with E-state index in [-0.39, 0.29) is 10.8 Å². The second-order valence-corrected chi connectivity index (χ2v) is 17.4. The van der Waals surface area contributed by atoms with Crippen LogP contribution < -0.4 is 9.80 Å². The summed E-state index contributed by atoms with van der Waals surface area (Å²) >= 11 is 26.6. The molecular weight excluding hydrogens is 774 g/mol. The third-order valence-corrected chi connectivity index (χ3v) is 13.2. The molecule has 0 atom stereocenters. The first-order valence-electron chi connectivity index (χ1n) is 20.1. The van der Waals surface area contributed by atoms with Crippen molar-refractivity contribution in [2.24, 2.45) is 0 Å². The van der Waals surface area contributed by atoms with Crippen molar-refractivity contribution in [3.05, 3.63) is 127 Å². The van der Waals surface area contributed by atoms with Gasteiger partial charge < -0.3 is 9.80 Å². The molecule has 0 unspecified atom stereocenters. The normalized spacial score (nSPS) is 15.7. The quantitative estimate of drug-likeness (QED) is 0.0874. The van der Waals surface area contributed by atoms with Crippen molar-refractivity contribution in [2.75, 3.05) is 49.1 Å². The number of nitrogens with zero attached hydrogens (tertiary/aromatic N) is 4. The molecule has 0 fully saturated rings. The highest BCUT2D eigenvalue weighted by Crippen LogP contribution is 2.46. The number of hydrogen-bond acceptors (Lipinski definition) is 2. The van der Waals surface area contributed by atoms with Gasteiger partial charge in [0, 0.05) is 85.8 Å². The van der Waals surface area contributed by atoms with Crippen molar-refractivity contribution < 1.29 is 9.15 Å². The van der Waals surface area contributed by atoms with Crippen LogP contribution in [0.2, 0.25) is 20.1 Å². The Bertz CT molecular complexity index is 2030. The van der Waals surface area contributed by atoms with Gasteiger partial charge >= 0.3 is 0 Å². The van der Waals surface area contributed by atoms with Crippen LogP contribution in [0.15, 0.2) is 84.9 Å². The molecule has 0 N–H and O–H groups in total. The Kier molecular flexibility index (Phi) is 13.2. The zero-order valence-electron chi connectivity index (χ0n) is 34.2. The van der Waals surface area contributed by atoms with E-state index < -0.39 is 0 Å². The maximum atomic E-state index is 6.68. The van der Waals surface area contributed by atoms with E-state index in [9.17, 15) is 0 Å². The largest absolute Gasteiger partial charge is 0.372 e. The highest BCUT2D eigenvalue weighted by Gasteiger charge is 2.46. The van der Waals surface area contributed by atoms with Crippen LogP contribution in [0.25, 0.3) is 12.2 Å². The lowest BCUT2D eigenvalue weighted by molar-refractivity contribution is -0.451. The van der Waals surface area contributed by atoms with Crippen molar-refractivity contribution in [3.8, 4) is 0 Å². The third-order valence-electron chi connectivity index (χ3n) is 11.8. The summed E-state index contributed by atoms with van der Waals surface area (Å²) in [5, 5.41) is 2.31. The van der Waals surface area contributed by atoms with Gasteiger partial charge in [0.25, 0.3) is 0 Å². The summed E-state index contributed by atoms with van der Waals surface area (Å²) in [4.78, 5) is 4.73. The Morgan fingerprint density at radius 2 is 0.804 bits per heavy atom. The lowest BCUT2D eigenvalue weighted by Crippen LogP contribution is -2.28. The van der Waals surface area contributed by atoms with E-state index in [1.165, 1.54) is 45.1 Å². The van der Waals surface area contributed by atoms with E-state index >= 15 is 0 Å². The monoisotopic (exact) mass is 828 g/mol. The van der Waals surface area contributed by atoms with E-state index in [1.54, 1.807) is 0 Å². The van der Waals surface area contributed by atoms with Gasteiger partial charge in [0.15, 0.2) is 11.4 Å².